The standard InChI is InChI=1S/C15H16N2O3/c16-10-4-5-12-11-13(17(18)19)8-9-15(12)20-14-6-2-1-3-7-14/h1-3,6-9,11H,4-5,10,16H2. The molecule has 2 N–H and O–H groups in total. The Bertz CT molecular complexity index is 585. The summed E-state index contributed by atoms with van der Waals surface area (Å²) in [5.74, 6) is 1.34. The zero-order valence-electron chi connectivity index (χ0n) is 11.0. The number of nitro benzene ring substituents is 1. The van der Waals surface area contributed by atoms with E-state index in [-0.39, 0.29) is 5.69 Å². The summed E-state index contributed by atoms with van der Waals surface area (Å²) < 4.78 is 5.78. The third-order valence-corrected chi connectivity index (χ3v) is 2.88. The van der Waals surface area contributed by atoms with Crippen LogP contribution in [0.25, 0.3) is 0 Å². The van der Waals surface area contributed by atoms with Crippen molar-refractivity contribution in [2.75, 3.05) is 6.54 Å². The molecule has 0 radical (unpaired) electrons. The average Bonchev–Trinajstić information content (AvgIpc) is 2.47. The van der Waals surface area contributed by atoms with Gasteiger partial charge in [0.15, 0.2) is 0 Å². The SMILES string of the molecule is NCCCc1cc([N+](=O)[O-])ccc1Oc1ccccc1. The van der Waals surface area contributed by atoms with Crippen LogP contribution in [-0.4, -0.2) is 11.5 Å². The summed E-state index contributed by atoms with van der Waals surface area (Å²) in [5, 5.41) is 10.8. The Hall–Kier alpha value is -2.40. The fourth-order valence-electron chi connectivity index (χ4n) is 1.88. The summed E-state index contributed by atoms with van der Waals surface area (Å²) in [6.07, 6.45) is 1.41. The van der Waals surface area contributed by atoms with Crippen molar-refractivity contribution >= 4 is 5.69 Å². The van der Waals surface area contributed by atoms with Crippen LogP contribution in [0, 0.1) is 10.1 Å². The van der Waals surface area contributed by atoms with Crippen molar-refractivity contribution in [3.8, 4) is 11.5 Å². The maximum Gasteiger partial charge on any atom is 0.269 e. The summed E-state index contributed by atoms with van der Waals surface area (Å²) in [7, 11) is 0. The molecule has 104 valence electrons. The van der Waals surface area contributed by atoms with Crippen LogP contribution in [0.15, 0.2) is 48.5 Å². The molecule has 0 unspecified atom stereocenters. The molecule has 5 heteroatoms. The van der Waals surface area contributed by atoms with E-state index in [4.69, 9.17) is 10.5 Å². The molecule has 0 aliphatic carbocycles. The van der Waals surface area contributed by atoms with Crippen molar-refractivity contribution < 1.29 is 9.66 Å². The summed E-state index contributed by atoms with van der Waals surface area (Å²) in [6, 6.07) is 14.0. The molecule has 0 heterocycles. The van der Waals surface area contributed by atoms with E-state index in [1.165, 1.54) is 6.07 Å². The van der Waals surface area contributed by atoms with Crippen molar-refractivity contribution in [2.24, 2.45) is 5.73 Å². The number of benzene rings is 2. The minimum Gasteiger partial charge on any atom is -0.457 e. The van der Waals surface area contributed by atoms with Gasteiger partial charge in [-0.2, -0.15) is 0 Å². The Kier molecular flexibility index (Phi) is 4.68. The molecule has 0 bridgehead atoms. The number of non-ortho nitro benzene ring substituents is 1. The predicted molar refractivity (Wildman–Crippen MR) is 77.0 cm³/mol. The number of aryl methyl sites for hydroxylation is 1. The molecule has 0 amide bonds. The first-order chi connectivity index (χ1) is 9.70. The highest BCUT2D eigenvalue weighted by atomic mass is 16.6. The zero-order valence-corrected chi connectivity index (χ0v) is 11.0. The minimum atomic E-state index is -0.405. The lowest BCUT2D eigenvalue weighted by Crippen LogP contribution is -2.02. The number of hydrogen-bond donors (Lipinski definition) is 1. The van der Waals surface area contributed by atoms with Gasteiger partial charge in [0.05, 0.1) is 4.92 Å². The number of nitrogens with zero attached hydrogens (tertiary/aromatic N) is 1. The Balaban J connectivity index is 2.28. The molecule has 0 atom stereocenters. The van der Waals surface area contributed by atoms with E-state index in [0.29, 0.717) is 24.5 Å². The summed E-state index contributed by atoms with van der Waals surface area (Å²) in [5.41, 5.74) is 6.37. The molecule has 0 spiro atoms. The number of ether oxygens (including phenoxy) is 1. The normalized spacial score (nSPS) is 10.2. The third kappa shape index (κ3) is 3.55. The summed E-state index contributed by atoms with van der Waals surface area (Å²) >= 11 is 0. The fraction of sp³-hybridized carbons (Fsp3) is 0.200. The molecule has 2 aromatic rings. The van der Waals surface area contributed by atoms with E-state index in [1.807, 2.05) is 30.3 Å². The van der Waals surface area contributed by atoms with Crippen molar-refractivity contribution in [2.45, 2.75) is 12.8 Å². The van der Waals surface area contributed by atoms with Crippen LogP contribution < -0.4 is 10.5 Å². The van der Waals surface area contributed by atoms with Gasteiger partial charge in [-0.05, 0) is 37.6 Å². The van der Waals surface area contributed by atoms with E-state index in [0.717, 1.165) is 12.0 Å². The van der Waals surface area contributed by atoms with Crippen LogP contribution in [0.2, 0.25) is 0 Å². The van der Waals surface area contributed by atoms with Crippen molar-refractivity contribution in [1.29, 1.82) is 0 Å². The maximum atomic E-state index is 10.8. The maximum absolute atomic E-state index is 10.8. The molecule has 2 aromatic carbocycles. The second-order valence-electron chi connectivity index (χ2n) is 4.36. The number of nitrogens with two attached hydrogens (primary N) is 1. The number of para-hydroxylation sites is 1. The van der Waals surface area contributed by atoms with Gasteiger partial charge in [-0.25, -0.2) is 0 Å². The first kappa shape index (κ1) is 14.0. The topological polar surface area (TPSA) is 78.4 Å². The van der Waals surface area contributed by atoms with Crippen LogP contribution in [0.5, 0.6) is 11.5 Å². The van der Waals surface area contributed by atoms with Gasteiger partial charge in [0.2, 0.25) is 0 Å². The van der Waals surface area contributed by atoms with Gasteiger partial charge in [-0.15, -0.1) is 0 Å². The zero-order chi connectivity index (χ0) is 14.4. The van der Waals surface area contributed by atoms with Gasteiger partial charge in [-0.3, -0.25) is 10.1 Å². The molecule has 0 saturated heterocycles. The van der Waals surface area contributed by atoms with Gasteiger partial charge in [0.25, 0.3) is 5.69 Å². The van der Waals surface area contributed by atoms with E-state index in [9.17, 15) is 10.1 Å². The number of nitro groups is 1. The fourth-order valence-corrected chi connectivity index (χ4v) is 1.88. The van der Waals surface area contributed by atoms with Crippen LogP contribution in [0.4, 0.5) is 5.69 Å². The van der Waals surface area contributed by atoms with E-state index in [2.05, 4.69) is 0 Å². The minimum absolute atomic E-state index is 0.0671. The molecule has 0 aromatic heterocycles. The van der Waals surface area contributed by atoms with Crippen molar-refractivity contribution in [3.05, 3.63) is 64.2 Å². The monoisotopic (exact) mass is 272 g/mol. The predicted octanol–water partition coefficient (Wildman–Crippen LogP) is 3.28. The molecule has 0 saturated carbocycles. The van der Waals surface area contributed by atoms with Crippen LogP contribution >= 0.6 is 0 Å². The average molecular weight is 272 g/mol. The molecule has 20 heavy (non-hydrogen) atoms. The lowest BCUT2D eigenvalue weighted by molar-refractivity contribution is -0.384. The van der Waals surface area contributed by atoms with Crippen LogP contribution in [-0.2, 0) is 6.42 Å². The molecule has 0 aliphatic heterocycles. The Morgan fingerprint density at radius 3 is 2.55 bits per heavy atom. The van der Waals surface area contributed by atoms with E-state index in [1.54, 1.807) is 12.1 Å². The molecular formula is C15H16N2O3. The van der Waals surface area contributed by atoms with E-state index < -0.39 is 4.92 Å². The highest BCUT2D eigenvalue weighted by molar-refractivity contribution is 5.45. The molecule has 2 rings (SSSR count). The molecule has 5 nitrogen and oxygen atoms in total. The van der Waals surface area contributed by atoms with Crippen LogP contribution in [0.3, 0.4) is 0 Å². The van der Waals surface area contributed by atoms with Gasteiger partial charge >= 0.3 is 0 Å². The van der Waals surface area contributed by atoms with Gasteiger partial charge in [-0.1, -0.05) is 18.2 Å². The molecule has 0 fully saturated rings. The van der Waals surface area contributed by atoms with Gasteiger partial charge < -0.3 is 10.5 Å². The largest absolute Gasteiger partial charge is 0.457 e. The number of rotatable bonds is 6. The van der Waals surface area contributed by atoms with Crippen LogP contribution in [0.1, 0.15) is 12.0 Å². The second kappa shape index (κ2) is 6.68. The highest BCUT2D eigenvalue weighted by Crippen LogP contribution is 2.29. The van der Waals surface area contributed by atoms with Gasteiger partial charge in [0.1, 0.15) is 11.5 Å². The highest BCUT2D eigenvalue weighted by Gasteiger charge is 2.12. The summed E-state index contributed by atoms with van der Waals surface area (Å²) in [6.45, 7) is 0.535. The molecular weight excluding hydrogens is 256 g/mol. The molecule has 0 aliphatic rings. The summed E-state index contributed by atoms with van der Waals surface area (Å²) in [4.78, 5) is 10.4. The Morgan fingerprint density at radius 2 is 1.90 bits per heavy atom. The first-order valence-corrected chi connectivity index (χ1v) is 6.41. The number of hydrogen-bond acceptors (Lipinski definition) is 4. The Morgan fingerprint density at radius 1 is 1.15 bits per heavy atom. The first-order valence-electron chi connectivity index (χ1n) is 6.41. The lowest BCUT2D eigenvalue weighted by atomic mass is 10.1. The third-order valence-electron chi connectivity index (χ3n) is 2.88. The second-order valence-corrected chi connectivity index (χ2v) is 4.36. The van der Waals surface area contributed by atoms with E-state index >= 15 is 0 Å². The quantitative estimate of drug-likeness (QED) is 0.646. The smallest absolute Gasteiger partial charge is 0.269 e. The van der Waals surface area contributed by atoms with Crippen molar-refractivity contribution in [1.82, 2.24) is 0 Å². The van der Waals surface area contributed by atoms with Gasteiger partial charge in [0, 0.05) is 17.7 Å². The lowest BCUT2D eigenvalue weighted by Gasteiger charge is -2.10. The Labute approximate surface area is 117 Å². The van der Waals surface area contributed by atoms with Crippen molar-refractivity contribution in [3.63, 3.8) is 0 Å².